The smallest absolute Gasteiger partial charge is 0.193 e. The third-order valence-corrected chi connectivity index (χ3v) is 6.18. The summed E-state index contributed by atoms with van der Waals surface area (Å²) in [4.78, 5) is 9.43. The number of aliphatic imine (C=N–C) groups is 1. The van der Waals surface area contributed by atoms with Gasteiger partial charge < -0.3 is 15.0 Å². The van der Waals surface area contributed by atoms with E-state index in [0.29, 0.717) is 12.5 Å². The Hall–Kier alpha value is -1.64. The first-order valence-corrected chi connectivity index (χ1v) is 11.2. The number of benzene rings is 2. The first-order chi connectivity index (χ1) is 14.8. The molecule has 4 rings (SSSR count). The van der Waals surface area contributed by atoms with E-state index in [1.165, 1.54) is 23.1 Å². The second-order valence-electron chi connectivity index (χ2n) is 8.37. The Labute approximate surface area is 203 Å². The molecule has 1 N–H and O–H groups in total. The van der Waals surface area contributed by atoms with E-state index >= 15 is 0 Å². The van der Waals surface area contributed by atoms with Crippen LogP contribution in [-0.2, 0) is 24.3 Å². The topological polar surface area (TPSA) is 40.1 Å². The van der Waals surface area contributed by atoms with Crippen LogP contribution in [0.5, 0.6) is 0 Å². The Kier molecular flexibility index (Phi) is 9.61. The monoisotopic (exact) mass is 534 g/mol. The van der Waals surface area contributed by atoms with Crippen molar-refractivity contribution in [3.05, 3.63) is 71.3 Å². The van der Waals surface area contributed by atoms with Crippen molar-refractivity contribution in [2.24, 2.45) is 10.9 Å². The summed E-state index contributed by atoms with van der Waals surface area (Å²) in [6.07, 6.45) is 2.32. The van der Waals surface area contributed by atoms with Gasteiger partial charge in [0.15, 0.2) is 5.96 Å². The molecule has 0 saturated carbocycles. The van der Waals surface area contributed by atoms with Crippen molar-refractivity contribution in [3.8, 4) is 0 Å². The normalized spacial score (nSPS) is 19.1. The van der Waals surface area contributed by atoms with Gasteiger partial charge in [0.05, 0.1) is 13.2 Å². The van der Waals surface area contributed by atoms with Crippen LogP contribution < -0.4 is 5.32 Å². The summed E-state index contributed by atoms with van der Waals surface area (Å²) in [5.41, 5.74) is 4.23. The van der Waals surface area contributed by atoms with E-state index in [0.717, 1.165) is 58.3 Å². The summed E-state index contributed by atoms with van der Waals surface area (Å²) in [6, 6.07) is 19.2. The van der Waals surface area contributed by atoms with E-state index in [2.05, 4.69) is 68.6 Å². The van der Waals surface area contributed by atoms with E-state index in [9.17, 15) is 0 Å². The third-order valence-electron chi connectivity index (χ3n) is 6.18. The number of likely N-dealkylation sites (tertiary alicyclic amines) is 1. The van der Waals surface area contributed by atoms with Gasteiger partial charge in [-0.15, -0.1) is 24.0 Å². The molecule has 2 aromatic carbocycles. The molecule has 5 nitrogen and oxygen atoms in total. The maximum Gasteiger partial charge on any atom is 0.193 e. The van der Waals surface area contributed by atoms with Crippen LogP contribution >= 0.6 is 24.0 Å². The lowest BCUT2D eigenvalue weighted by atomic mass is 10.00. The van der Waals surface area contributed by atoms with Crippen LogP contribution in [0, 0.1) is 5.92 Å². The predicted molar refractivity (Wildman–Crippen MR) is 138 cm³/mol. The number of rotatable bonds is 7. The molecule has 0 bridgehead atoms. The van der Waals surface area contributed by atoms with Crippen LogP contribution in [0.25, 0.3) is 0 Å². The average molecular weight is 534 g/mol. The third kappa shape index (κ3) is 6.92. The van der Waals surface area contributed by atoms with E-state index < -0.39 is 0 Å². The van der Waals surface area contributed by atoms with E-state index in [1.54, 1.807) is 0 Å². The fourth-order valence-corrected chi connectivity index (χ4v) is 4.48. The van der Waals surface area contributed by atoms with Gasteiger partial charge in [0.25, 0.3) is 0 Å². The lowest BCUT2D eigenvalue weighted by Crippen LogP contribution is -2.44. The predicted octanol–water partition coefficient (Wildman–Crippen LogP) is 3.78. The fraction of sp³-hybridized carbons (Fsp3) is 0.480. The number of ether oxygens (including phenoxy) is 1. The fourth-order valence-electron chi connectivity index (χ4n) is 4.48. The van der Waals surface area contributed by atoms with E-state index in [-0.39, 0.29) is 24.0 Å². The van der Waals surface area contributed by atoms with Gasteiger partial charge in [0.2, 0.25) is 0 Å². The molecule has 1 unspecified atom stereocenters. The number of hydrogen-bond donors (Lipinski definition) is 1. The van der Waals surface area contributed by atoms with E-state index in [1.807, 2.05) is 13.1 Å². The van der Waals surface area contributed by atoms with Crippen molar-refractivity contribution in [1.29, 1.82) is 0 Å². The summed E-state index contributed by atoms with van der Waals surface area (Å²) in [6.45, 7) is 7.76. The summed E-state index contributed by atoms with van der Waals surface area (Å²) in [5, 5.41) is 3.58. The largest absolute Gasteiger partial charge is 0.376 e. The van der Waals surface area contributed by atoms with Gasteiger partial charge in [0, 0.05) is 52.2 Å². The molecule has 2 aliphatic rings. The second kappa shape index (κ2) is 12.4. The summed E-state index contributed by atoms with van der Waals surface area (Å²) in [7, 11) is 1.89. The van der Waals surface area contributed by atoms with Crippen molar-refractivity contribution in [2.75, 3.05) is 46.4 Å². The SMILES string of the molecule is CN=C(NCCN1CCc2ccccc2C1)N1CCC(COCc2ccccc2)C1.I. The Morgan fingerprint density at radius 3 is 2.65 bits per heavy atom. The maximum atomic E-state index is 5.96. The zero-order chi connectivity index (χ0) is 20.6. The van der Waals surface area contributed by atoms with Gasteiger partial charge in [-0.25, -0.2) is 0 Å². The Morgan fingerprint density at radius 2 is 1.84 bits per heavy atom. The number of fused-ring (bicyclic) bond motifs is 1. The van der Waals surface area contributed by atoms with Crippen LogP contribution in [-0.4, -0.2) is 62.1 Å². The number of hydrogen-bond acceptors (Lipinski definition) is 3. The van der Waals surface area contributed by atoms with Crippen LogP contribution in [0.2, 0.25) is 0 Å². The van der Waals surface area contributed by atoms with Gasteiger partial charge in [-0.3, -0.25) is 9.89 Å². The molecule has 2 aromatic rings. The molecular weight excluding hydrogens is 499 g/mol. The van der Waals surface area contributed by atoms with Crippen LogP contribution in [0.1, 0.15) is 23.1 Å². The van der Waals surface area contributed by atoms with E-state index in [4.69, 9.17) is 4.74 Å². The van der Waals surface area contributed by atoms with Crippen LogP contribution in [0.4, 0.5) is 0 Å². The molecule has 0 spiro atoms. The molecule has 168 valence electrons. The Bertz CT molecular complexity index is 829. The Morgan fingerprint density at radius 1 is 1.06 bits per heavy atom. The molecule has 2 heterocycles. The molecule has 0 amide bonds. The zero-order valence-corrected chi connectivity index (χ0v) is 20.8. The summed E-state index contributed by atoms with van der Waals surface area (Å²) < 4.78 is 5.96. The average Bonchev–Trinajstić information content (AvgIpc) is 3.26. The molecule has 0 aromatic heterocycles. The highest BCUT2D eigenvalue weighted by Gasteiger charge is 2.25. The van der Waals surface area contributed by atoms with Crippen molar-refractivity contribution >= 4 is 29.9 Å². The van der Waals surface area contributed by atoms with Crippen molar-refractivity contribution in [1.82, 2.24) is 15.1 Å². The first kappa shape index (κ1) is 24.0. The molecule has 1 saturated heterocycles. The van der Waals surface area contributed by atoms with Crippen molar-refractivity contribution < 1.29 is 4.74 Å². The molecule has 6 heteroatoms. The highest BCUT2D eigenvalue weighted by atomic mass is 127. The highest BCUT2D eigenvalue weighted by molar-refractivity contribution is 14.0. The standard InChI is InChI=1S/C25H34N4O.HI/c1-26-25(27-13-16-28-14-12-23-9-5-6-10-24(23)18-28)29-15-11-22(17-29)20-30-19-21-7-3-2-4-8-21;/h2-10,22H,11-20H2,1H3,(H,26,27);1H. The molecule has 2 aliphatic heterocycles. The van der Waals surface area contributed by atoms with Crippen molar-refractivity contribution in [3.63, 3.8) is 0 Å². The minimum absolute atomic E-state index is 0. The number of guanidine groups is 1. The minimum atomic E-state index is 0. The summed E-state index contributed by atoms with van der Waals surface area (Å²) in [5.74, 6) is 1.60. The van der Waals surface area contributed by atoms with Gasteiger partial charge >= 0.3 is 0 Å². The van der Waals surface area contributed by atoms with Crippen LogP contribution in [0.15, 0.2) is 59.6 Å². The second-order valence-corrected chi connectivity index (χ2v) is 8.37. The molecule has 1 atom stereocenters. The zero-order valence-electron chi connectivity index (χ0n) is 18.5. The number of nitrogens with zero attached hydrogens (tertiary/aromatic N) is 3. The van der Waals surface area contributed by atoms with Gasteiger partial charge in [0.1, 0.15) is 0 Å². The quantitative estimate of drug-likeness (QED) is 0.334. The molecule has 0 radical (unpaired) electrons. The highest BCUT2D eigenvalue weighted by Crippen LogP contribution is 2.19. The number of halogens is 1. The lowest BCUT2D eigenvalue weighted by molar-refractivity contribution is 0.0906. The lowest BCUT2D eigenvalue weighted by Gasteiger charge is -2.29. The molecular formula is C25H35IN4O. The minimum Gasteiger partial charge on any atom is -0.376 e. The first-order valence-electron chi connectivity index (χ1n) is 11.2. The van der Waals surface area contributed by atoms with Crippen molar-refractivity contribution in [2.45, 2.75) is 26.0 Å². The molecule has 31 heavy (non-hydrogen) atoms. The van der Waals surface area contributed by atoms with Gasteiger partial charge in [-0.2, -0.15) is 0 Å². The number of nitrogens with one attached hydrogen (secondary N) is 1. The van der Waals surface area contributed by atoms with Gasteiger partial charge in [-0.05, 0) is 29.5 Å². The maximum absolute atomic E-state index is 5.96. The van der Waals surface area contributed by atoms with Crippen LogP contribution in [0.3, 0.4) is 0 Å². The molecule has 1 fully saturated rings. The summed E-state index contributed by atoms with van der Waals surface area (Å²) >= 11 is 0. The Balaban J connectivity index is 0.00000272. The molecule has 0 aliphatic carbocycles. The van der Waals surface area contributed by atoms with Gasteiger partial charge in [-0.1, -0.05) is 54.6 Å².